The summed E-state index contributed by atoms with van der Waals surface area (Å²) in [5.41, 5.74) is 0. The van der Waals surface area contributed by atoms with Crippen LogP contribution in [-0.4, -0.2) is 5.11 Å². The summed E-state index contributed by atoms with van der Waals surface area (Å²) < 4.78 is 0. The second-order valence-electron chi connectivity index (χ2n) is 2.59. The van der Waals surface area contributed by atoms with Gasteiger partial charge in [-0.15, -0.1) is 0 Å². The largest absolute Gasteiger partial charge is 0.513 e. The van der Waals surface area contributed by atoms with Crippen LogP contribution in [0.25, 0.3) is 0 Å². The van der Waals surface area contributed by atoms with Gasteiger partial charge in [-0.1, -0.05) is 20.3 Å². The van der Waals surface area contributed by atoms with Crippen LogP contribution < -0.4 is 0 Å². The molecule has 1 unspecified atom stereocenters. The van der Waals surface area contributed by atoms with E-state index < -0.39 is 0 Å². The molecule has 1 heteroatoms. The zero-order valence-corrected chi connectivity index (χ0v) is 6.52. The van der Waals surface area contributed by atoms with Crippen LogP contribution in [0.3, 0.4) is 0 Å². The molecule has 1 N–H and O–H groups in total. The molecule has 0 aromatic carbocycles. The van der Waals surface area contributed by atoms with Crippen molar-refractivity contribution in [3.8, 4) is 0 Å². The fraction of sp³-hybridized carbons (Fsp3) is 0.750. The molecule has 0 spiro atoms. The van der Waals surface area contributed by atoms with Crippen molar-refractivity contribution in [2.24, 2.45) is 5.92 Å². The van der Waals surface area contributed by atoms with Crippen LogP contribution in [0.15, 0.2) is 11.8 Å². The molecule has 0 fully saturated rings. The summed E-state index contributed by atoms with van der Waals surface area (Å²) in [5.74, 6) is 1.14. The van der Waals surface area contributed by atoms with Crippen molar-refractivity contribution in [2.75, 3.05) is 0 Å². The maximum absolute atomic E-state index is 8.76. The van der Waals surface area contributed by atoms with Crippen molar-refractivity contribution in [2.45, 2.75) is 33.6 Å². The van der Waals surface area contributed by atoms with E-state index in [9.17, 15) is 0 Å². The standard InChI is InChI=1S/C8H16O/c1-4-7(2)5-6-8(3)9/h6-7,9H,4-5H2,1-3H3/b8-6+. The third-order valence-electron chi connectivity index (χ3n) is 1.51. The monoisotopic (exact) mass is 128 g/mol. The summed E-state index contributed by atoms with van der Waals surface area (Å²) in [6.07, 6.45) is 4.05. The molecule has 1 atom stereocenters. The van der Waals surface area contributed by atoms with Crippen molar-refractivity contribution < 1.29 is 5.11 Å². The number of aliphatic hydroxyl groups is 1. The highest BCUT2D eigenvalue weighted by atomic mass is 16.3. The van der Waals surface area contributed by atoms with Crippen molar-refractivity contribution in [3.63, 3.8) is 0 Å². The second kappa shape index (κ2) is 4.42. The van der Waals surface area contributed by atoms with E-state index in [4.69, 9.17) is 5.11 Å². The lowest BCUT2D eigenvalue weighted by Gasteiger charge is -2.02. The van der Waals surface area contributed by atoms with Crippen molar-refractivity contribution in [1.29, 1.82) is 0 Å². The first kappa shape index (κ1) is 8.54. The van der Waals surface area contributed by atoms with Gasteiger partial charge in [0.1, 0.15) is 0 Å². The predicted molar refractivity (Wildman–Crippen MR) is 40.5 cm³/mol. The Bertz CT molecular complexity index is 90.7. The smallest absolute Gasteiger partial charge is 0.0852 e. The maximum atomic E-state index is 8.76. The van der Waals surface area contributed by atoms with Crippen molar-refractivity contribution in [3.05, 3.63) is 11.8 Å². The summed E-state index contributed by atoms with van der Waals surface area (Å²) in [5, 5.41) is 8.76. The lowest BCUT2D eigenvalue weighted by Crippen LogP contribution is -1.88. The van der Waals surface area contributed by atoms with Crippen molar-refractivity contribution in [1.82, 2.24) is 0 Å². The van der Waals surface area contributed by atoms with E-state index in [0.29, 0.717) is 11.7 Å². The maximum Gasteiger partial charge on any atom is 0.0852 e. The number of hydrogen-bond acceptors (Lipinski definition) is 1. The molecule has 1 nitrogen and oxygen atoms in total. The van der Waals surface area contributed by atoms with Gasteiger partial charge >= 0.3 is 0 Å². The first-order chi connectivity index (χ1) is 4.16. The third-order valence-corrected chi connectivity index (χ3v) is 1.51. The molecule has 0 rings (SSSR count). The average Bonchev–Trinajstić information content (AvgIpc) is 1.83. The lowest BCUT2D eigenvalue weighted by molar-refractivity contribution is 0.407. The average molecular weight is 128 g/mol. The molecule has 9 heavy (non-hydrogen) atoms. The molecule has 0 aromatic heterocycles. The number of hydrogen-bond donors (Lipinski definition) is 1. The number of aliphatic hydroxyl groups excluding tert-OH is 1. The van der Waals surface area contributed by atoms with E-state index in [0.717, 1.165) is 6.42 Å². The van der Waals surface area contributed by atoms with Gasteiger partial charge in [-0.2, -0.15) is 0 Å². The van der Waals surface area contributed by atoms with Crippen LogP contribution in [-0.2, 0) is 0 Å². The van der Waals surface area contributed by atoms with Gasteiger partial charge in [0.25, 0.3) is 0 Å². The predicted octanol–water partition coefficient (Wildman–Crippen LogP) is 2.88. The van der Waals surface area contributed by atoms with E-state index in [1.807, 2.05) is 6.08 Å². The Morgan fingerprint density at radius 3 is 2.56 bits per heavy atom. The Morgan fingerprint density at radius 1 is 1.67 bits per heavy atom. The lowest BCUT2D eigenvalue weighted by atomic mass is 10.1. The molecule has 0 saturated carbocycles. The van der Waals surface area contributed by atoms with Crippen LogP contribution in [0.1, 0.15) is 33.6 Å². The fourth-order valence-corrected chi connectivity index (χ4v) is 0.538. The van der Waals surface area contributed by atoms with Gasteiger partial charge in [-0.3, -0.25) is 0 Å². The molecule has 0 amide bonds. The van der Waals surface area contributed by atoms with E-state index in [1.54, 1.807) is 6.92 Å². The molecule has 0 bridgehead atoms. The van der Waals surface area contributed by atoms with E-state index in [1.165, 1.54) is 6.42 Å². The highest BCUT2D eigenvalue weighted by Crippen LogP contribution is 2.07. The second-order valence-corrected chi connectivity index (χ2v) is 2.59. The van der Waals surface area contributed by atoms with Gasteiger partial charge in [-0.05, 0) is 25.3 Å². The van der Waals surface area contributed by atoms with Gasteiger partial charge in [0.2, 0.25) is 0 Å². The summed E-state index contributed by atoms with van der Waals surface area (Å²) in [6.45, 7) is 6.05. The van der Waals surface area contributed by atoms with Crippen LogP contribution in [0.2, 0.25) is 0 Å². The quantitative estimate of drug-likeness (QED) is 0.579. The molecule has 0 aliphatic heterocycles. The summed E-state index contributed by atoms with van der Waals surface area (Å²) in [7, 11) is 0. The minimum absolute atomic E-state index is 0.440. The molecule has 0 aliphatic rings. The van der Waals surface area contributed by atoms with E-state index in [2.05, 4.69) is 13.8 Å². The summed E-state index contributed by atoms with van der Waals surface area (Å²) >= 11 is 0. The zero-order valence-electron chi connectivity index (χ0n) is 6.52. The highest BCUT2D eigenvalue weighted by molar-refractivity contribution is 4.86. The first-order valence-corrected chi connectivity index (χ1v) is 3.52. The molecule has 54 valence electrons. The highest BCUT2D eigenvalue weighted by Gasteiger charge is 1.93. The van der Waals surface area contributed by atoms with Crippen molar-refractivity contribution >= 4 is 0 Å². The topological polar surface area (TPSA) is 20.2 Å². The fourth-order valence-electron chi connectivity index (χ4n) is 0.538. The van der Waals surface area contributed by atoms with E-state index >= 15 is 0 Å². The Balaban J connectivity index is 3.37. The van der Waals surface area contributed by atoms with Crippen LogP contribution >= 0.6 is 0 Å². The molecule has 0 saturated heterocycles. The molecule has 0 aromatic rings. The van der Waals surface area contributed by atoms with Gasteiger partial charge in [0.05, 0.1) is 5.76 Å². The van der Waals surface area contributed by atoms with Crippen LogP contribution in [0.5, 0.6) is 0 Å². The van der Waals surface area contributed by atoms with Gasteiger partial charge in [-0.25, -0.2) is 0 Å². The minimum Gasteiger partial charge on any atom is -0.513 e. The first-order valence-electron chi connectivity index (χ1n) is 3.52. The van der Waals surface area contributed by atoms with Gasteiger partial charge < -0.3 is 5.11 Å². The molecule has 0 aliphatic carbocycles. The zero-order chi connectivity index (χ0) is 7.28. The molecule has 0 heterocycles. The molecular formula is C8H16O. The Morgan fingerprint density at radius 2 is 2.22 bits per heavy atom. The number of allylic oxidation sites excluding steroid dienone is 2. The Labute approximate surface area is 57.4 Å². The summed E-state index contributed by atoms with van der Waals surface area (Å²) in [4.78, 5) is 0. The normalized spacial score (nSPS) is 15.7. The molecule has 0 radical (unpaired) electrons. The minimum atomic E-state index is 0.440. The number of rotatable bonds is 3. The van der Waals surface area contributed by atoms with Crippen LogP contribution in [0, 0.1) is 5.92 Å². The Kier molecular flexibility index (Phi) is 4.20. The third kappa shape index (κ3) is 5.41. The summed E-state index contributed by atoms with van der Waals surface area (Å²) in [6, 6.07) is 0. The van der Waals surface area contributed by atoms with Crippen LogP contribution in [0.4, 0.5) is 0 Å². The SMILES string of the molecule is CCC(C)C/C=C(\C)O. The van der Waals surface area contributed by atoms with E-state index in [-0.39, 0.29) is 0 Å². The molecular weight excluding hydrogens is 112 g/mol. The van der Waals surface area contributed by atoms with Gasteiger partial charge in [0, 0.05) is 0 Å². The Hall–Kier alpha value is -0.460. The van der Waals surface area contributed by atoms with Gasteiger partial charge in [0.15, 0.2) is 0 Å².